The number of hydrogen-bond acceptors (Lipinski definition) is 5. The number of non-ortho nitro benzene ring substituents is 1. The van der Waals surface area contributed by atoms with Gasteiger partial charge < -0.3 is 9.67 Å². The van der Waals surface area contributed by atoms with Crippen molar-refractivity contribution in [2.75, 3.05) is 0 Å². The second kappa shape index (κ2) is 6.64. The van der Waals surface area contributed by atoms with Crippen molar-refractivity contribution in [3.05, 3.63) is 86.2 Å². The fraction of sp³-hybridized carbons (Fsp3) is 0.0526. The van der Waals surface area contributed by atoms with Gasteiger partial charge in [-0.1, -0.05) is 30.3 Å². The lowest BCUT2D eigenvalue weighted by molar-refractivity contribution is -0.384. The molecule has 0 atom stereocenters. The number of aromatic nitrogens is 1. The minimum atomic E-state index is -0.680. The van der Waals surface area contributed by atoms with Crippen molar-refractivity contribution in [1.82, 2.24) is 4.57 Å². The van der Waals surface area contributed by atoms with Crippen LogP contribution in [-0.2, 0) is 7.05 Å². The second-order valence-electron chi connectivity index (χ2n) is 5.65. The van der Waals surface area contributed by atoms with Crippen LogP contribution in [0.5, 0.6) is 5.75 Å². The SMILES string of the molecule is Cn1c(=O)c(C(=O)/C=C/c2cccc([N+](=O)[O-])c2)c(O)c2ccccc21. The third-order valence-corrected chi connectivity index (χ3v) is 4.03. The molecule has 0 amide bonds. The maximum Gasteiger partial charge on any atom is 0.270 e. The van der Waals surface area contributed by atoms with Gasteiger partial charge in [-0.2, -0.15) is 0 Å². The molecule has 0 aliphatic heterocycles. The first-order valence-electron chi connectivity index (χ1n) is 7.67. The van der Waals surface area contributed by atoms with E-state index < -0.39 is 16.3 Å². The quantitative estimate of drug-likeness (QED) is 0.337. The van der Waals surface area contributed by atoms with Gasteiger partial charge in [-0.3, -0.25) is 19.7 Å². The largest absolute Gasteiger partial charge is 0.506 e. The molecule has 0 bridgehead atoms. The molecule has 0 aliphatic rings. The Hall–Kier alpha value is -3.74. The van der Waals surface area contributed by atoms with Crippen molar-refractivity contribution in [2.24, 2.45) is 7.05 Å². The number of nitro benzene ring substituents is 1. The molecule has 0 spiro atoms. The van der Waals surface area contributed by atoms with Gasteiger partial charge in [-0.05, 0) is 23.8 Å². The molecule has 7 nitrogen and oxygen atoms in total. The van der Waals surface area contributed by atoms with Crippen LogP contribution in [0.25, 0.3) is 17.0 Å². The van der Waals surface area contributed by atoms with Gasteiger partial charge >= 0.3 is 0 Å². The average Bonchev–Trinajstić information content (AvgIpc) is 2.65. The number of ketones is 1. The molecule has 0 aliphatic carbocycles. The number of nitro groups is 1. The van der Waals surface area contributed by atoms with Gasteiger partial charge in [-0.15, -0.1) is 0 Å². The zero-order valence-electron chi connectivity index (χ0n) is 13.7. The summed E-state index contributed by atoms with van der Waals surface area (Å²) in [5.41, 5.74) is -0.120. The predicted molar refractivity (Wildman–Crippen MR) is 97.3 cm³/mol. The van der Waals surface area contributed by atoms with Crippen molar-refractivity contribution in [3.63, 3.8) is 0 Å². The van der Waals surface area contributed by atoms with Crippen LogP contribution in [0.4, 0.5) is 5.69 Å². The van der Waals surface area contributed by atoms with E-state index in [1.807, 2.05) is 0 Å². The van der Waals surface area contributed by atoms with E-state index in [-0.39, 0.29) is 17.0 Å². The zero-order valence-corrected chi connectivity index (χ0v) is 13.7. The molecule has 130 valence electrons. The fourth-order valence-electron chi connectivity index (χ4n) is 2.70. The first kappa shape index (κ1) is 17.1. The molecule has 2 aromatic carbocycles. The molecular formula is C19H14N2O5. The number of aryl methyl sites for hydroxylation is 1. The molecule has 0 radical (unpaired) electrons. The molecule has 0 fully saturated rings. The molecule has 26 heavy (non-hydrogen) atoms. The smallest absolute Gasteiger partial charge is 0.270 e. The Morgan fingerprint density at radius 1 is 1.19 bits per heavy atom. The van der Waals surface area contributed by atoms with Gasteiger partial charge in [0.15, 0.2) is 5.78 Å². The van der Waals surface area contributed by atoms with Crippen molar-refractivity contribution in [2.45, 2.75) is 0 Å². The Bertz CT molecular complexity index is 1130. The number of nitrogens with zero attached hydrogens (tertiary/aromatic N) is 2. The van der Waals surface area contributed by atoms with E-state index in [1.54, 1.807) is 30.3 Å². The number of carbonyl (C=O) groups is 1. The third kappa shape index (κ3) is 2.98. The number of benzene rings is 2. The number of carbonyl (C=O) groups excluding carboxylic acids is 1. The summed E-state index contributed by atoms with van der Waals surface area (Å²) in [5, 5.41) is 21.6. The van der Waals surface area contributed by atoms with E-state index >= 15 is 0 Å². The maximum atomic E-state index is 12.5. The lowest BCUT2D eigenvalue weighted by Crippen LogP contribution is -2.24. The number of allylic oxidation sites excluding steroid dienone is 1. The fourth-order valence-corrected chi connectivity index (χ4v) is 2.70. The number of aromatic hydroxyl groups is 1. The van der Waals surface area contributed by atoms with Crippen molar-refractivity contribution in [1.29, 1.82) is 0 Å². The van der Waals surface area contributed by atoms with Gasteiger partial charge in [0.1, 0.15) is 11.3 Å². The molecule has 0 saturated carbocycles. The predicted octanol–water partition coefficient (Wildman–Crippen LogP) is 3.05. The number of pyridine rings is 1. The highest BCUT2D eigenvalue weighted by Gasteiger charge is 2.19. The summed E-state index contributed by atoms with van der Waals surface area (Å²) < 4.78 is 1.30. The summed E-state index contributed by atoms with van der Waals surface area (Å²) in [6, 6.07) is 12.4. The summed E-state index contributed by atoms with van der Waals surface area (Å²) in [5.74, 6) is -1.06. The minimum Gasteiger partial charge on any atom is -0.506 e. The monoisotopic (exact) mass is 350 g/mol. The highest BCUT2D eigenvalue weighted by Crippen LogP contribution is 2.26. The van der Waals surface area contributed by atoms with Gasteiger partial charge in [0, 0.05) is 24.6 Å². The van der Waals surface area contributed by atoms with E-state index in [0.29, 0.717) is 16.5 Å². The number of fused-ring (bicyclic) bond motifs is 1. The number of para-hydroxylation sites is 1. The van der Waals surface area contributed by atoms with Crippen molar-refractivity contribution in [3.8, 4) is 5.75 Å². The average molecular weight is 350 g/mol. The molecule has 3 aromatic rings. The van der Waals surface area contributed by atoms with Crippen LogP contribution in [0.15, 0.2) is 59.4 Å². The van der Waals surface area contributed by atoms with Crippen LogP contribution >= 0.6 is 0 Å². The summed E-state index contributed by atoms with van der Waals surface area (Å²) in [6.45, 7) is 0. The van der Waals surface area contributed by atoms with Crippen molar-refractivity contribution >= 4 is 28.4 Å². The number of hydrogen-bond donors (Lipinski definition) is 1. The van der Waals surface area contributed by atoms with Crippen LogP contribution in [0.1, 0.15) is 15.9 Å². The highest BCUT2D eigenvalue weighted by atomic mass is 16.6. The van der Waals surface area contributed by atoms with Gasteiger partial charge in [0.25, 0.3) is 11.2 Å². The van der Waals surface area contributed by atoms with E-state index in [2.05, 4.69) is 0 Å². The highest BCUT2D eigenvalue weighted by molar-refractivity contribution is 6.11. The van der Waals surface area contributed by atoms with Crippen LogP contribution in [0.3, 0.4) is 0 Å². The van der Waals surface area contributed by atoms with Crippen LogP contribution in [-0.4, -0.2) is 20.4 Å². The van der Waals surface area contributed by atoms with E-state index in [0.717, 1.165) is 6.08 Å². The van der Waals surface area contributed by atoms with E-state index in [4.69, 9.17) is 0 Å². The lowest BCUT2D eigenvalue weighted by atomic mass is 10.1. The van der Waals surface area contributed by atoms with Gasteiger partial charge in [0.05, 0.1) is 10.4 Å². The first-order chi connectivity index (χ1) is 12.4. The van der Waals surface area contributed by atoms with Gasteiger partial charge in [-0.25, -0.2) is 0 Å². The minimum absolute atomic E-state index is 0.107. The Morgan fingerprint density at radius 2 is 1.92 bits per heavy atom. The Balaban J connectivity index is 2.05. The van der Waals surface area contributed by atoms with Gasteiger partial charge in [0.2, 0.25) is 0 Å². The summed E-state index contributed by atoms with van der Waals surface area (Å²) >= 11 is 0. The maximum absolute atomic E-state index is 12.5. The standard InChI is InChI=1S/C19H14N2O5/c1-20-15-8-3-2-7-14(15)18(23)17(19(20)24)16(22)10-9-12-5-4-6-13(11-12)21(25)26/h2-11,23H,1H3/b10-9+. The zero-order chi connectivity index (χ0) is 18.8. The topological polar surface area (TPSA) is 102 Å². The number of rotatable bonds is 4. The van der Waals surface area contributed by atoms with Crippen LogP contribution < -0.4 is 5.56 Å². The van der Waals surface area contributed by atoms with Crippen LogP contribution in [0, 0.1) is 10.1 Å². The normalized spacial score (nSPS) is 11.1. The Morgan fingerprint density at radius 3 is 2.65 bits per heavy atom. The summed E-state index contributed by atoms with van der Waals surface area (Å²) in [6.07, 6.45) is 2.48. The molecule has 7 heteroatoms. The van der Waals surface area contributed by atoms with Crippen molar-refractivity contribution < 1.29 is 14.8 Å². The van der Waals surface area contributed by atoms with E-state index in [9.17, 15) is 24.8 Å². The molecule has 1 N–H and O–H groups in total. The van der Waals surface area contributed by atoms with E-state index in [1.165, 1.54) is 35.9 Å². The summed E-state index contributed by atoms with van der Waals surface area (Å²) in [7, 11) is 1.52. The summed E-state index contributed by atoms with van der Waals surface area (Å²) in [4.78, 5) is 35.2. The molecule has 3 rings (SSSR count). The third-order valence-electron chi connectivity index (χ3n) is 4.03. The second-order valence-corrected chi connectivity index (χ2v) is 5.65. The molecule has 1 heterocycles. The Kier molecular flexibility index (Phi) is 4.36. The molecule has 0 unspecified atom stereocenters. The molecule has 0 saturated heterocycles. The van der Waals surface area contributed by atoms with Crippen LogP contribution in [0.2, 0.25) is 0 Å². The Labute approximate surface area is 147 Å². The molecular weight excluding hydrogens is 336 g/mol. The first-order valence-corrected chi connectivity index (χ1v) is 7.67. The lowest BCUT2D eigenvalue weighted by Gasteiger charge is -2.09. The molecule has 1 aromatic heterocycles.